The highest BCUT2D eigenvalue weighted by Crippen LogP contribution is 2.39. The Balaban J connectivity index is 1.38. The Morgan fingerprint density at radius 1 is 1.12 bits per heavy atom. The predicted octanol–water partition coefficient (Wildman–Crippen LogP) is 0.972. The van der Waals surface area contributed by atoms with Crippen LogP contribution in [0.1, 0.15) is 30.7 Å². The Labute approximate surface area is 147 Å². The lowest BCUT2D eigenvalue weighted by Crippen LogP contribution is -2.56. The third-order valence-electron chi connectivity index (χ3n) is 5.68. The predicted molar refractivity (Wildman–Crippen MR) is 91.1 cm³/mol. The molecule has 3 fully saturated rings. The van der Waals surface area contributed by atoms with Crippen molar-refractivity contribution in [3.8, 4) is 0 Å². The highest BCUT2D eigenvalue weighted by atomic mass is 16.5. The molecule has 0 unspecified atom stereocenters. The van der Waals surface area contributed by atoms with Gasteiger partial charge in [0.15, 0.2) is 0 Å². The van der Waals surface area contributed by atoms with Gasteiger partial charge in [-0.3, -0.25) is 9.78 Å². The van der Waals surface area contributed by atoms with Crippen molar-refractivity contribution in [2.75, 3.05) is 39.4 Å². The Hall–Kier alpha value is -2.15. The number of hydrogen-bond acceptors (Lipinski definition) is 4. The summed E-state index contributed by atoms with van der Waals surface area (Å²) in [6, 6.07) is 3.94. The van der Waals surface area contributed by atoms with Crippen molar-refractivity contribution in [2.24, 2.45) is 0 Å². The second-order valence-corrected chi connectivity index (χ2v) is 7.18. The molecule has 7 nitrogen and oxygen atoms in total. The molecule has 1 aromatic rings. The molecule has 4 rings (SSSR count). The van der Waals surface area contributed by atoms with E-state index in [0.29, 0.717) is 39.4 Å². The lowest BCUT2D eigenvalue weighted by molar-refractivity contribution is -0.121. The normalized spacial score (nSPS) is 25.9. The molecule has 3 saturated heterocycles. The number of amides is 3. The number of morpholine rings is 1. The van der Waals surface area contributed by atoms with Gasteiger partial charge in [-0.1, -0.05) is 0 Å². The zero-order chi connectivity index (χ0) is 17.3. The van der Waals surface area contributed by atoms with Gasteiger partial charge in [0.25, 0.3) is 0 Å². The van der Waals surface area contributed by atoms with Gasteiger partial charge in [0.05, 0.1) is 19.1 Å². The number of urea groups is 1. The van der Waals surface area contributed by atoms with Crippen LogP contribution in [0.4, 0.5) is 4.79 Å². The maximum absolute atomic E-state index is 12.6. The SMILES string of the molecule is O=C1NC2(CCN(C(=O)N3CCOCC3)CC2)C[C@H]1c1ccncc1. The molecule has 4 heterocycles. The van der Waals surface area contributed by atoms with E-state index in [1.54, 1.807) is 12.4 Å². The van der Waals surface area contributed by atoms with Crippen LogP contribution in [0.5, 0.6) is 0 Å². The van der Waals surface area contributed by atoms with Crippen molar-refractivity contribution in [3.05, 3.63) is 30.1 Å². The van der Waals surface area contributed by atoms with Crippen LogP contribution in [-0.4, -0.2) is 71.7 Å². The summed E-state index contributed by atoms with van der Waals surface area (Å²) in [4.78, 5) is 32.9. The summed E-state index contributed by atoms with van der Waals surface area (Å²) in [7, 11) is 0. The smallest absolute Gasteiger partial charge is 0.320 e. The summed E-state index contributed by atoms with van der Waals surface area (Å²) in [6.45, 7) is 3.96. The highest BCUT2D eigenvalue weighted by Gasteiger charge is 2.47. The van der Waals surface area contributed by atoms with Gasteiger partial charge in [-0.2, -0.15) is 0 Å². The van der Waals surface area contributed by atoms with Crippen molar-refractivity contribution in [2.45, 2.75) is 30.7 Å². The molecule has 1 spiro atoms. The van der Waals surface area contributed by atoms with Gasteiger partial charge in [0, 0.05) is 44.1 Å². The summed E-state index contributed by atoms with van der Waals surface area (Å²) < 4.78 is 5.31. The lowest BCUT2D eigenvalue weighted by Gasteiger charge is -2.41. The molecule has 134 valence electrons. The van der Waals surface area contributed by atoms with Crippen molar-refractivity contribution < 1.29 is 14.3 Å². The second-order valence-electron chi connectivity index (χ2n) is 7.18. The molecular weight excluding hydrogens is 320 g/mol. The molecule has 0 radical (unpaired) electrons. The number of nitrogens with zero attached hydrogens (tertiary/aromatic N) is 3. The molecule has 1 aromatic heterocycles. The summed E-state index contributed by atoms with van der Waals surface area (Å²) >= 11 is 0. The number of pyridine rings is 1. The monoisotopic (exact) mass is 344 g/mol. The standard InChI is InChI=1S/C18H24N4O3/c23-16-15(14-1-5-19-6-2-14)13-18(20-16)3-7-21(8-4-18)17(24)22-9-11-25-12-10-22/h1-2,5-6,15H,3-4,7-13H2,(H,20,23)/t15-/m0/s1. The topological polar surface area (TPSA) is 74.8 Å². The number of carbonyl (C=O) groups excluding carboxylic acids is 2. The second kappa shape index (κ2) is 6.63. The number of carbonyl (C=O) groups is 2. The van der Waals surface area contributed by atoms with Crippen molar-refractivity contribution in [3.63, 3.8) is 0 Å². The minimum Gasteiger partial charge on any atom is -0.378 e. The average Bonchev–Trinajstić information content (AvgIpc) is 2.99. The van der Waals surface area contributed by atoms with E-state index in [1.165, 1.54) is 0 Å². The largest absolute Gasteiger partial charge is 0.378 e. The first kappa shape index (κ1) is 16.3. The summed E-state index contributed by atoms with van der Waals surface area (Å²) in [5.41, 5.74) is 0.850. The number of piperidine rings is 1. The van der Waals surface area contributed by atoms with Crippen molar-refractivity contribution in [1.82, 2.24) is 20.1 Å². The van der Waals surface area contributed by atoms with E-state index in [1.807, 2.05) is 21.9 Å². The molecule has 1 N–H and O–H groups in total. The fourth-order valence-electron chi connectivity index (χ4n) is 4.16. The number of ether oxygens (including phenoxy) is 1. The molecule has 0 bridgehead atoms. The van der Waals surface area contributed by atoms with Crippen LogP contribution in [0.2, 0.25) is 0 Å². The number of aromatic nitrogens is 1. The van der Waals surface area contributed by atoms with E-state index in [9.17, 15) is 9.59 Å². The van der Waals surface area contributed by atoms with E-state index < -0.39 is 0 Å². The van der Waals surface area contributed by atoms with Crippen LogP contribution in [-0.2, 0) is 9.53 Å². The Kier molecular flexibility index (Phi) is 4.33. The molecule has 0 aromatic carbocycles. The quantitative estimate of drug-likeness (QED) is 0.824. The van der Waals surface area contributed by atoms with Gasteiger partial charge in [0.2, 0.25) is 5.91 Å². The molecule has 0 saturated carbocycles. The maximum Gasteiger partial charge on any atom is 0.320 e. The molecule has 3 aliphatic heterocycles. The van der Waals surface area contributed by atoms with Gasteiger partial charge >= 0.3 is 6.03 Å². The van der Waals surface area contributed by atoms with Gasteiger partial charge in [0.1, 0.15) is 0 Å². The molecule has 25 heavy (non-hydrogen) atoms. The van der Waals surface area contributed by atoms with Crippen LogP contribution in [0.25, 0.3) is 0 Å². The van der Waals surface area contributed by atoms with E-state index in [0.717, 1.165) is 24.8 Å². The van der Waals surface area contributed by atoms with E-state index in [4.69, 9.17) is 4.74 Å². The number of hydrogen-bond donors (Lipinski definition) is 1. The average molecular weight is 344 g/mol. The number of rotatable bonds is 1. The Morgan fingerprint density at radius 3 is 2.44 bits per heavy atom. The summed E-state index contributed by atoms with van der Waals surface area (Å²) in [5, 5.41) is 3.23. The van der Waals surface area contributed by atoms with Gasteiger partial charge in [-0.05, 0) is 37.0 Å². The molecular formula is C18H24N4O3. The van der Waals surface area contributed by atoms with Gasteiger partial charge in [-0.25, -0.2) is 4.79 Å². The first-order valence-corrected chi connectivity index (χ1v) is 9.00. The lowest BCUT2D eigenvalue weighted by atomic mass is 9.82. The van der Waals surface area contributed by atoms with E-state index >= 15 is 0 Å². The number of likely N-dealkylation sites (tertiary alicyclic amines) is 1. The number of nitrogens with one attached hydrogen (secondary N) is 1. The fraction of sp³-hybridized carbons (Fsp3) is 0.611. The molecule has 7 heteroatoms. The minimum absolute atomic E-state index is 0.0964. The maximum atomic E-state index is 12.6. The third-order valence-corrected chi connectivity index (χ3v) is 5.68. The summed E-state index contributed by atoms with van der Waals surface area (Å²) in [6.07, 6.45) is 5.90. The van der Waals surface area contributed by atoms with Gasteiger partial charge in [-0.15, -0.1) is 0 Å². The van der Waals surface area contributed by atoms with Gasteiger partial charge < -0.3 is 19.9 Å². The van der Waals surface area contributed by atoms with Crippen LogP contribution >= 0.6 is 0 Å². The minimum atomic E-state index is -0.174. The molecule has 1 atom stereocenters. The van der Waals surface area contributed by atoms with E-state index in [2.05, 4.69) is 10.3 Å². The van der Waals surface area contributed by atoms with Crippen molar-refractivity contribution in [1.29, 1.82) is 0 Å². The third kappa shape index (κ3) is 3.20. The molecule has 3 amide bonds. The van der Waals surface area contributed by atoms with Crippen LogP contribution in [0.3, 0.4) is 0 Å². The first-order valence-electron chi connectivity index (χ1n) is 9.00. The van der Waals surface area contributed by atoms with Crippen LogP contribution in [0.15, 0.2) is 24.5 Å². The fourth-order valence-corrected chi connectivity index (χ4v) is 4.16. The zero-order valence-corrected chi connectivity index (χ0v) is 14.3. The summed E-state index contributed by atoms with van der Waals surface area (Å²) in [5.74, 6) is -0.0105. The Morgan fingerprint density at radius 2 is 1.76 bits per heavy atom. The van der Waals surface area contributed by atoms with Crippen LogP contribution < -0.4 is 5.32 Å². The Bertz CT molecular complexity index is 637. The van der Waals surface area contributed by atoms with Crippen molar-refractivity contribution >= 4 is 11.9 Å². The highest BCUT2D eigenvalue weighted by molar-refractivity contribution is 5.87. The van der Waals surface area contributed by atoms with E-state index in [-0.39, 0.29) is 23.4 Å². The zero-order valence-electron chi connectivity index (χ0n) is 14.3. The molecule has 0 aliphatic carbocycles. The first-order chi connectivity index (χ1) is 12.2. The van der Waals surface area contributed by atoms with Crippen LogP contribution in [0, 0.1) is 0 Å². The molecule has 3 aliphatic rings.